The molecule has 3 heteroatoms. The van der Waals surface area contributed by atoms with Gasteiger partial charge in [0.2, 0.25) is 0 Å². The quantitative estimate of drug-likeness (QED) is 0.713. The van der Waals surface area contributed by atoms with Crippen LogP contribution in [0.25, 0.3) is 0 Å². The highest BCUT2D eigenvalue weighted by atomic mass is 19.1. The van der Waals surface area contributed by atoms with Crippen LogP contribution < -0.4 is 4.90 Å². The van der Waals surface area contributed by atoms with Crippen molar-refractivity contribution in [2.24, 2.45) is 5.92 Å². The van der Waals surface area contributed by atoms with Gasteiger partial charge in [0.05, 0.1) is 0 Å². The van der Waals surface area contributed by atoms with Gasteiger partial charge in [-0.15, -0.1) is 0 Å². The topological polar surface area (TPSA) is 12.5 Å². The minimum atomic E-state index is -0.220. The predicted molar refractivity (Wildman–Crippen MR) is 85.8 cm³/mol. The largest absolute Gasteiger partial charge is 0.381 e. The van der Waals surface area contributed by atoms with E-state index in [1.54, 1.807) is 6.08 Å². The number of ether oxygens (including phenoxy) is 1. The monoisotopic (exact) mass is 289 g/mol. The second kappa shape index (κ2) is 7.41. The van der Waals surface area contributed by atoms with Crippen LogP contribution in [0, 0.1) is 11.7 Å². The Hall–Kier alpha value is -1.61. The van der Waals surface area contributed by atoms with Crippen LogP contribution in [0.2, 0.25) is 0 Å². The number of anilines is 1. The fraction of sp³-hybridized carbons (Fsp3) is 0.444. The lowest BCUT2D eigenvalue weighted by Gasteiger charge is -2.40. The molecule has 0 saturated carbocycles. The molecule has 0 radical (unpaired) electrons. The first-order valence-electron chi connectivity index (χ1n) is 7.61. The van der Waals surface area contributed by atoms with Crippen molar-refractivity contribution in [1.82, 2.24) is 0 Å². The van der Waals surface area contributed by atoms with Crippen molar-refractivity contribution >= 4 is 5.69 Å². The molecule has 0 aliphatic carbocycles. The summed E-state index contributed by atoms with van der Waals surface area (Å²) in [7, 11) is 0. The first-order valence-corrected chi connectivity index (χ1v) is 7.61. The van der Waals surface area contributed by atoms with Gasteiger partial charge in [-0.2, -0.15) is 0 Å². The SMILES string of the molecule is C=CC(=C)N(c1ccc(F)cc1)C(CC)C1CCOCC1. The van der Waals surface area contributed by atoms with Crippen molar-refractivity contribution in [3.8, 4) is 0 Å². The minimum absolute atomic E-state index is 0.220. The van der Waals surface area contributed by atoms with Crippen LogP contribution in [-0.2, 0) is 4.74 Å². The van der Waals surface area contributed by atoms with Crippen molar-refractivity contribution in [2.75, 3.05) is 18.1 Å². The van der Waals surface area contributed by atoms with Crippen LogP contribution >= 0.6 is 0 Å². The summed E-state index contributed by atoms with van der Waals surface area (Å²) in [6, 6.07) is 6.95. The predicted octanol–water partition coefficient (Wildman–Crippen LogP) is 4.54. The van der Waals surface area contributed by atoms with Crippen molar-refractivity contribution in [1.29, 1.82) is 0 Å². The number of halogens is 1. The van der Waals surface area contributed by atoms with Gasteiger partial charge in [0, 0.05) is 30.6 Å². The van der Waals surface area contributed by atoms with E-state index in [-0.39, 0.29) is 5.82 Å². The number of nitrogens with zero attached hydrogens (tertiary/aromatic N) is 1. The van der Waals surface area contributed by atoms with E-state index in [0.29, 0.717) is 12.0 Å². The normalized spacial score (nSPS) is 17.2. The van der Waals surface area contributed by atoms with Gasteiger partial charge in [0.15, 0.2) is 0 Å². The highest BCUT2D eigenvalue weighted by molar-refractivity contribution is 5.55. The van der Waals surface area contributed by atoms with Gasteiger partial charge >= 0.3 is 0 Å². The van der Waals surface area contributed by atoms with E-state index in [1.165, 1.54) is 12.1 Å². The Morgan fingerprint density at radius 3 is 2.52 bits per heavy atom. The molecule has 0 N–H and O–H groups in total. The zero-order valence-corrected chi connectivity index (χ0v) is 12.7. The van der Waals surface area contributed by atoms with Gasteiger partial charge in [-0.3, -0.25) is 0 Å². The summed E-state index contributed by atoms with van der Waals surface area (Å²) >= 11 is 0. The van der Waals surface area contributed by atoms with E-state index in [2.05, 4.69) is 25.0 Å². The van der Waals surface area contributed by atoms with Gasteiger partial charge in [-0.05, 0) is 55.5 Å². The lowest BCUT2D eigenvalue weighted by atomic mass is 9.88. The highest BCUT2D eigenvalue weighted by Crippen LogP contribution is 2.32. The number of hydrogen-bond donors (Lipinski definition) is 0. The van der Waals surface area contributed by atoms with Crippen LogP contribution in [0.4, 0.5) is 10.1 Å². The Morgan fingerprint density at radius 2 is 2.00 bits per heavy atom. The minimum Gasteiger partial charge on any atom is -0.381 e. The molecular weight excluding hydrogens is 265 g/mol. The molecule has 1 fully saturated rings. The maximum Gasteiger partial charge on any atom is 0.123 e. The van der Waals surface area contributed by atoms with Gasteiger partial charge in [-0.25, -0.2) is 4.39 Å². The summed E-state index contributed by atoms with van der Waals surface area (Å²) in [5.41, 5.74) is 1.83. The lowest BCUT2D eigenvalue weighted by molar-refractivity contribution is 0.0577. The van der Waals surface area contributed by atoms with E-state index in [4.69, 9.17) is 4.74 Å². The average molecular weight is 289 g/mol. The molecule has 1 saturated heterocycles. The number of hydrogen-bond acceptors (Lipinski definition) is 2. The molecule has 2 rings (SSSR count). The molecule has 1 aromatic carbocycles. The summed E-state index contributed by atoms with van der Waals surface area (Å²) in [6.07, 6.45) is 4.89. The zero-order chi connectivity index (χ0) is 15.2. The zero-order valence-electron chi connectivity index (χ0n) is 12.7. The fourth-order valence-electron chi connectivity index (χ4n) is 3.10. The van der Waals surface area contributed by atoms with Crippen LogP contribution in [0.1, 0.15) is 26.2 Å². The van der Waals surface area contributed by atoms with Gasteiger partial charge in [0.1, 0.15) is 5.82 Å². The van der Waals surface area contributed by atoms with Gasteiger partial charge < -0.3 is 9.64 Å². The Kier molecular flexibility index (Phi) is 5.57. The number of allylic oxidation sites excluding steroid dienone is 1. The molecule has 1 heterocycles. The molecule has 1 atom stereocenters. The molecule has 114 valence electrons. The average Bonchev–Trinajstić information content (AvgIpc) is 2.54. The molecule has 2 nitrogen and oxygen atoms in total. The van der Waals surface area contributed by atoms with Crippen molar-refractivity contribution in [3.63, 3.8) is 0 Å². The number of benzene rings is 1. The number of rotatable bonds is 6. The highest BCUT2D eigenvalue weighted by Gasteiger charge is 2.29. The first kappa shape index (κ1) is 15.8. The maximum absolute atomic E-state index is 13.2. The third kappa shape index (κ3) is 3.73. The second-order valence-corrected chi connectivity index (χ2v) is 5.47. The van der Waals surface area contributed by atoms with Gasteiger partial charge in [-0.1, -0.05) is 20.1 Å². The van der Waals surface area contributed by atoms with E-state index in [1.807, 2.05) is 12.1 Å². The van der Waals surface area contributed by atoms with E-state index in [9.17, 15) is 4.39 Å². The maximum atomic E-state index is 13.2. The Morgan fingerprint density at radius 1 is 1.38 bits per heavy atom. The molecule has 0 spiro atoms. The molecule has 0 aromatic heterocycles. The molecule has 21 heavy (non-hydrogen) atoms. The molecule has 1 aliphatic heterocycles. The van der Waals surface area contributed by atoms with Crippen LogP contribution in [0.3, 0.4) is 0 Å². The van der Waals surface area contributed by atoms with Crippen molar-refractivity contribution in [3.05, 3.63) is 55.0 Å². The van der Waals surface area contributed by atoms with Crippen LogP contribution in [0.5, 0.6) is 0 Å². The third-order valence-electron chi connectivity index (χ3n) is 4.21. The van der Waals surface area contributed by atoms with Crippen LogP contribution in [-0.4, -0.2) is 19.3 Å². The van der Waals surface area contributed by atoms with Gasteiger partial charge in [0.25, 0.3) is 0 Å². The molecule has 1 aliphatic rings. The third-order valence-corrected chi connectivity index (χ3v) is 4.21. The standard InChI is InChI=1S/C18H24FNO/c1-4-14(3)20(17-8-6-16(19)7-9-17)18(5-2)15-10-12-21-13-11-15/h4,6-9,15,18H,1,3,5,10-13H2,2H3. The molecule has 1 aromatic rings. The fourth-order valence-corrected chi connectivity index (χ4v) is 3.10. The lowest BCUT2D eigenvalue weighted by Crippen LogP contribution is -2.41. The summed E-state index contributed by atoms with van der Waals surface area (Å²) in [5, 5.41) is 0. The second-order valence-electron chi connectivity index (χ2n) is 5.47. The Bertz CT molecular complexity index is 476. The summed E-state index contributed by atoms with van der Waals surface area (Å²) in [6.45, 7) is 11.8. The molecule has 0 amide bonds. The van der Waals surface area contributed by atoms with Crippen molar-refractivity contribution < 1.29 is 9.13 Å². The van der Waals surface area contributed by atoms with E-state index < -0.39 is 0 Å². The molecular formula is C18H24FNO. The Balaban J connectivity index is 2.30. The Labute approximate surface area is 126 Å². The van der Waals surface area contributed by atoms with Crippen LogP contribution in [0.15, 0.2) is 49.2 Å². The molecule has 0 bridgehead atoms. The van der Waals surface area contributed by atoms with E-state index >= 15 is 0 Å². The smallest absolute Gasteiger partial charge is 0.123 e. The summed E-state index contributed by atoms with van der Waals surface area (Å²) in [4.78, 5) is 2.20. The van der Waals surface area contributed by atoms with E-state index in [0.717, 1.165) is 43.9 Å². The van der Waals surface area contributed by atoms with Crippen molar-refractivity contribution in [2.45, 2.75) is 32.2 Å². The summed E-state index contributed by atoms with van der Waals surface area (Å²) in [5.74, 6) is 0.340. The summed E-state index contributed by atoms with van der Waals surface area (Å²) < 4.78 is 18.7. The first-order chi connectivity index (χ1) is 10.2. The molecule has 1 unspecified atom stereocenters.